The van der Waals surface area contributed by atoms with E-state index in [1.165, 1.54) is 13.2 Å². The third kappa shape index (κ3) is 6.11. The molecule has 0 heterocycles. The summed E-state index contributed by atoms with van der Waals surface area (Å²) in [5.41, 5.74) is 1.17. The van der Waals surface area contributed by atoms with Crippen LogP contribution in [0, 0.1) is 11.7 Å². The highest BCUT2D eigenvalue weighted by Crippen LogP contribution is 2.37. The molecule has 2 N–H and O–H groups in total. The topological polar surface area (TPSA) is 67.8 Å². The van der Waals surface area contributed by atoms with E-state index in [0.29, 0.717) is 35.1 Å². The second-order valence-corrected chi connectivity index (χ2v) is 7.30. The molecule has 152 valence electrons. The van der Waals surface area contributed by atoms with Crippen LogP contribution in [0.5, 0.6) is 11.5 Å². The van der Waals surface area contributed by atoms with Crippen LogP contribution in [-0.4, -0.2) is 24.2 Å². The normalized spacial score (nSPS) is 12.1. The number of halogens is 2. The van der Waals surface area contributed by atoms with E-state index in [0.717, 1.165) is 5.56 Å². The fourth-order valence-electron chi connectivity index (χ4n) is 2.76. The van der Waals surface area contributed by atoms with Crippen molar-refractivity contribution >= 4 is 17.6 Å². The van der Waals surface area contributed by atoms with Crippen LogP contribution in [0.25, 0.3) is 0 Å². The first-order chi connectivity index (χ1) is 13.3. The van der Waals surface area contributed by atoms with Gasteiger partial charge in [-0.25, -0.2) is 4.39 Å². The molecule has 0 aliphatic heterocycles. The molecule has 0 saturated heterocycles. The van der Waals surface area contributed by atoms with Crippen molar-refractivity contribution in [2.75, 3.05) is 7.11 Å². The smallest absolute Gasteiger partial charge is 0.320 e. The van der Waals surface area contributed by atoms with Crippen molar-refractivity contribution in [3.8, 4) is 11.5 Å². The van der Waals surface area contributed by atoms with Crippen molar-refractivity contribution in [1.29, 1.82) is 0 Å². The van der Waals surface area contributed by atoms with Crippen molar-refractivity contribution in [3.63, 3.8) is 0 Å². The van der Waals surface area contributed by atoms with Gasteiger partial charge in [-0.1, -0.05) is 43.6 Å². The van der Waals surface area contributed by atoms with Crippen molar-refractivity contribution in [2.45, 2.75) is 39.5 Å². The van der Waals surface area contributed by atoms with E-state index in [2.05, 4.69) is 5.32 Å². The summed E-state index contributed by atoms with van der Waals surface area (Å²) in [7, 11) is 1.48. The zero-order valence-electron chi connectivity index (χ0n) is 16.2. The summed E-state index contributed by atoms with van der Waals surface area (Å²) in [4.78, 5) is 11.4. The summed E-state index contributed by atoms with van der Waals surface area (Å²) in [5, 5.41) is 12.7. The lowest BCUT2D eigenvalue weighted by Crippen LogP contribution is -2.37. The standard InChI is InChI=1S/C21H25ClFNO4/c1-13(2)8-18(21(25)26)24-11-14-9-16(22)20(19(10-14)27-3)28-12-15-6-4-5-7-17(15)23/h4-7,9-10,13,18,24H,8,11-12H2,1-3H3,(H,25,26). The number of hydrogen-bond donors (Lipinski definition) is 2. The molecule has 1 atom stereocenters. The van der Waals surface area contributed by atoms with Crippen molar-refractivity contribution in [3.05, 3.63) is 58.4 Å². The molecular formula is C21H25ClFNO4. The van der Waals surface area contributed by atoms with Gasteiger partial charge >= 0.3 is 5.97 Å². The Labute approximate surface area is 169 Å². The zero-order valence-corrected chi connectivity index (χ0v) is 16.9. The van der Waals surface area contributed by atoms with Gasteiger partial charge in [0.15, 0.2) is 11.5 Å². The summed E-state index contributed by atoms with van der Waals surface area (Å²) < 4.78 is 24.8. The highest BCUT2D eigenvalue weighted by atomic mass is 35.5. The maximum atomic E-state index is 13.8. The lowest BCUT2D eigenvalue weighted by molar-refractivity contribution is -0.140. The predicted molar refractivity (Wildman–Crippen MR) is 106 cm³/mol. The molecule has 1 unspecified atom stereocenters. The van der Waals surface area contributed by atoms with Gasteiger partial charge in [-0.15, -0.1) is 0 Å². The fourth-order valence-corrected chi connectivity index (χ4v) is 3.05. The fraction of sp³-hybridized carbons (Fsp3) is 0.381. The molecule has 0 spiro atoms. The quantitative estimate of drug-likeness (QED) is 0.597. The molecule has 28 heavy (non-hydrogen) atoms. The lowest BCUT2D eigenvalue weighted by atomic mass is 10.0. The third-order valence-corrected chi connectivity index (χ3v) is 4.46. The number of carbonyl (C=O) groups is 1. The highest BCUT2D eigenvalue weighted by molar-refractivity contribution is 6.32. The van der Waals surface area contributed by atoms with E-state index in [4.69, 9.17) is 21.1 Å². The Morgan fingerprint density at radius 2 is 2.00 bits per heavy atom. The second-order valence-electron chi connectivity index (χ2n) is 6.89. The van der Waals surface area contributed by atoms with Gasteiger partial charge in [0.2, 0.25) is 0 Å². The van der Waals surface area contributed by atoms with Gasteiger partial charge in [-0.05, 0) is 36.1 Å². The average molecular weight is 410 g/mol. The predicted octanol–water partition coefficient (Wildman–Crippen LogP) is 4.66. The van der Waals surface area contributed by atoms with Gasteiger partial charge in [-0.2, -0.15) is 0 Å². The molecule has 2 rings (SSSR count). The molecule has 0 saturated carbocycles. The highest BCUT2D eigenvalue weighted by Gasteiger charge is 2.19. The Bertz CT molecular complexity index is 813. The van der Waals surface area contributed by atoms with E-state index >= 15 is 0 Å². The molecular weight excluding hydrogens is 385 g/mol. The molecule has 0 aliphatic rings. The van der Waals surface area contributed by atoms with E-state index in [1.54, 1.807) is 30.3 Å². The summed E-state index contributed by atoms with van der Waals surface area (Å²) in [6.07, 6.45) is 0.518. The Kier molecular flexibility index (Phi) is 8.08. The van der Waals surface area contributed by atoms with Crippen molar-refractivity contribution in [1.82, 2.24) is 5.32 Å². The molecule has 2 aromatic carbocycles. The first-order valence-electron chi connectivity index (χ1n) is 9.00. The molecule has 2 aromatic rings. The largest absolute Gasteiger partial charge is 0.493 e. The van der Waals surface area contributed by atoms with Gasteiger partial charge in [0.25, 0.3) is 0 Å². The van der Waals surface area contributed by atoms with Crippen LogP contribution in [0.3, 0.4) is 0 Å². The first-order valence-corrected chi connectivity index (χ1v) is 9.38. The van der Waals surface area contributed by atoms with Gasteiger partial charge in [0.05, 0.1) is 12.1 Å². The van der Waals surface area contributed by atoms with Gasteiger partial charge in [0, 0.05) is 12.1 Å². The summed E-state index contributed by atoms with van der Waals surface area (Å²) in [6.45, 7) is 4.27. The minimum absolute atomic E-state index is 0.00975. The SMILES string of the molecule is COc1cc(CNC(CC(C)C)C(=O)O)cc(Cl)c1OCc1ccccc1F. The number of aliphatic carboxylic acids is 1. The third-order valence-electron chi connectivity index (χ3n) is 4.18. The number of carboxylic acids is 1. The minimum atomic E-state index is -0.892. The van der Waals surface area contributed by atoms with E-state index in [-0.39, 0.29) is 18.3 Å². The van der Waals surface area contributed by atoms with E-state index in [9.17, 15) is 14.3 Å². The molecule has 0 bridgehead atoms. The van der Waals surface area contributed by atoms with E-state index < -0.39 is 12.0 Å². The first kappa shape index (κ1) is 22.0. The number of ether oxygens (including phenoxy) is 2. The second kappa shape index (κ2) is 10.3. The molecule has 0 amide bonds. The van der Waals surface area contributed by atoms with Gasteiger partial charge < -0.3 is 19.9 Å². The van der Waals surface area contributed by atoms with Gasteiger partial charge in [0.1, 0.15) is 18.5 Å². The van der Waals surface area contributed by atoms with Crippen LogP contribution < -0.4 is 14.8 Å². The number of carboxylic acid groups (broad SMARTS) is 1. The molecule has 0 fully saturated rings. The number of benzene rings is 2. The lowest BCUT2D eigenvalue weighted by Gasteiger charge is -2.18. The van der Waals surface area contributed by atoms with Crippen LogP contribution in [0.2, 0.25) is 5.02 Å². The Hall–Kier alpha value is -2.31. The summed E-state index contributed by atoms with van der Waals surface area (Å²) in [6, 6.07) is 9.09. The number of rotatable bonds is 10. The van der Waals surface area contributed by atoms with Crippen LogP contribution >= 0.6 is 11.6 Å². The zero-order chi connectivity index (χ0) is 20.7. The van der Waals surface area contributed by atoms with E-state index in [1.807, 2.05) is 13.8 Å². The Morgan fingerprint density at radius 1 is 1.29 bits per heavy atom. The van der Waals surface area contributed by atoms with Crippen molar-refractivity contribution < 1.29 is 23.8 Å². The minimum Gasteiger partial charge on any atom is -0.493 e. The molecule has 5 nitrogen and oxygen atoms in total. The molecule has 0 aromatic heterocycles. The van der Waals surface area contributed by atoms with Crippen LogP contribution in [0.4, 0.5) is 4.39 Å². The summed E-state index contributed by atoms with van der Waals surface area (Å²) in [5.74, 6) is -0.287. The number of nitrogens with one attached hydrogen (secondary N) is 1. The summed E-state index contributed by atoms with van der Waals surface area (Å²) >= 11 is 6.34. The number of methoxy groups -OCH3 is 1. The average Bonchev–Trinajstić information content (AvgIpc) is 2.64. The monoisotopic (exact) mass is 409 g/mol. The molecule has 0 aliphatic carbocycles. The Balaban J connectivity index is 2.11. The van der Waals surface area contributed by atoms with Crippen LogP contribution in [-0.2, 0) is 17.9 Å². The molecule has 0 radical (unpaired) electrons. The van der Waals surface area contributed by atoms with Gasteiger partial charge in [-0.3, -0.25) is 4.79 Å². The maximum absolute atomic E-state index is 13.8. The number of hydrogen-bond acceptors (Lipinski definition) is 4. The van der Waals surface area contributed by atoms with Crippen molar-refractivity contribution in [2.24, 2.45) is 5.92 Å². The van der Waals surface area contributed by atoms with Crippen LogP contribution in [0.15, 0.2) is 36.4 Å². The maximum Gasteiger partial charge on any atom is 0.320 e. The molecule has 7 heteroatoms. The Morgan fingerprint density at radius 3 is 2.61 bits per heavy atom. The van der Waals surface area contributed by atoms with Crippen LogP contribution in [0.1, 0.15) is 31.4 Å².